The molecule has 6 rings (SSSR count). The zero-order valence-corrected chi connectivity index (χ0v) is 26.9. The van der Waals surface area contributed by atoms with E-state index in [0.717, 1.165) is 44.0 Å². The fourth-order valence-corrected chi connectivity index (χ4v) is 6.39. The third-order valence-corrected chi connectivity index (χ3v) is 8.79. The van der Waals surface area contributed by atoms with Gasteiger partial charge in [-0.1, -0.05) is 47.6 Å². The second-order valence-corrected chi connectivity index (χ2v) is 11.8. The number of nitrogens with zero attached hydrogens (tertiary/aromatic N) is 4. The van der Waals surface area contributed by atoms with Gasteiger partial charge in [0.15, 0.2) is 17.2 Å². The Balaban J connectivity index is 1.22. The Morgan fingerprint density at radius 3 is 2.38 bits per heavy atom. The number of rotatable bonds is 12. The van der Waals surface area contributed by atoms with Crippen LogP contribution >= 0.6 is 0 Å². The molecule has 11 heteroatoms. The van der Waals surface area contributed by atoms with Crippen molar-refractivity contribution in [3.8, 4) is 11.5 Å². The van der Waals surface area contributed by atoms with E-state index < -0.39 is 6.04 Å². The number of nitrogens with one attached hydrogen (secondary N) is 1. The minimum atomic E-state index is -0.607. The number of amides is 3. The van der Waals surface area contributed by atoms with E-state index in [1.807, 2.05) is 24.3 Å². The summed E-state index contributed by atoms with van der Waals surface area (Å²) in [5, 5.41) is 6.63. The lowest BCUT2D eigenvalue weighted by atomic mass is 9.99. The van der Waals surface area contributed by atoms with Crippen LogP contribution in [0.1, 0.15) is 67.0 Å². The van der Waals surface area contributed by atoms with E-state index in [2.05, 4.69) is 44.5 Å². The Morgan fingerprint density at radius 1 is 0.915 bits per heavy atom. The summed E-state index contributed by atoms with van der Waals surface area (Å²) in [6.07, 6.45) is 0.901. The van der Waals surface area contributed by atoms with Crippen LogP contribution in [0.3, 0.4) is 0 Å². The second kappa shape index (κ2) is 14.1. The average molecular weight is 638 g/mol. The molecule has 0 saturated carbocycles. The predicted molar refractivity (Wildman–Crippen MR) is 176 cm³/mol. The zero-order valence-electron chi connectivity index (χ0n) is 26.9. The standard InChI is InChI=1S/C36H39N5O6/c1-24-21-28(38-47-24)34(42)37-16-8-13-29(26-14-15-31(45-2)32(22-26)46-3)41-35(43)27-11-7-12-30(33(27)36(41)44)40-19-17-39(18-20-40)23-25-9-5-4-6-10-25/h4-7,9-12,14-15,21-22,29H,8,13,16-20,23H2,1-3H3,(H,37,42)/t29-/m1/s1. The normalized spacial score (nSPS) is 15.5. The highest BCUT2D eigenvalue weighted by Crippen LogP contribution is 2.40. The molecule has 0 bridgehead atoms. The summed E-state index contributed by atoms with van der Waals surface area (Å²) < 4.78 is 16.0. The van der Waals surface area contributed by atoms with E-state index in [1.165, 1.54) is 10.5 Å². The van der Waals surface area contributed by atoms with Gasteiger partial charge in [0, 0.05) is 45.3 Å². The molecular formula is C36H39N5O6. The SMILES string of the molecule is COc1ccc([C@@H](CCCNC(=O)c2cc(C)on2)N2C(=O)c3cccc(N4CCN(Cc5ccccc5)CC4)c3C2=O)cc1OC. The van der Waals surface area contributed by atoms with E-state index >= 15 is 0 Å². The average Bonchev–Trinajstić information content (AvgIpc) is 3.65. The van der Waals surface area contributed by atoms with Crippen LogP contribution in [0.4, 0.5) is 5.69 Å². The first kappa shape index (κ1) is 31.8. The lowest BCUT2D eigenvalue weighted by Crippen LogP contribution is -2.46. The lowest BCUT2D eigenvalue weighted by Gasteiger charge is -2.36. The Hall–Kier alpha value is -5.16. The molecule has 244 valence electrons. The van der Waals surface area contributed by atoms with Crippen LogP contribution < -0.4 is 19.7 Å². The van der Waals surface area contributed by atoms with E-state index in [-0.39, 0.29) is 23.4 Å². The van der Waals surface area contributed by atoms with Gasteiger partial charge < -0.3 is 24.2 Å². The maximum Gasteiger partial charge on any atom is 0.273 e. The minimum absolute atomic E-state index is 0.202. The topological polar surface area (TPSA) is 117 Å². The molecule has 1 atom stereocenters. The Morgan fingerprint density at radius 2 is 1.68 bits per heavy atom. The molecule has 2 aliphatic rings. The third-order valence-electron chi connectivity index (χ3n) is 8.79. The van der Waals surface area contributed by atoms with E-state index in [9.17, 15) is 14.4 Å². The van der Waals surface area contributed by atoms with Crippen LogP contribution in [-0.4, -0.2) is 79.6 Å². The van der Waals surface area contributed by atoms with Crippen molar-refractivity contribution in [1.82, 2.24) is 20.3 Å². The highest BCUT2D eigenvalue weighted by Gasteiger charge is 2.43. The fourth-order valence-electron chi connectivity index (χ4n) is 6.39. The highest BCUT2D eigenvalue weighted by molar-refractivity contribution is 6.24. The summed E-state index contributed by atoms with van der Waals surface area (Å²) in [7, 11) is 3.10. The number of carbonyl (C=O) groups excluding carboxylic acids is 3. The van der Waals surface area contributed by atoms with Gasteiger partial charge in [-0.05, 0) is 55.2 Å². The molecule has 3 aromatic carbocycles. The van der Waals surface area contributed by atoms with E-state index in [4.69, 9.17) is 14.0 Å². The maximum atomic E-state index is 14.3. The first-order valence-corrected chi connectivity index (χ1v) is 15.8. The number of anilines is 1. The van der Waals surface area contributed by atoms with Gasteiger partial charge in [0.2, 0.25) is 0 Å². The molecule has 3 heterocycles. The van der Waals surface area contributed by atoms with Crippen molar-refractivity contribution in [3.63, 3.8) is 0 Å². The van der Waals surface area contributed by atoms with Crippen molar-refractivity contribution in [2.24, 2.45) is 0 Å². The molecule has 3 amide bonds. The fraction of sp³-hybridized carbons (Fsp3) is 0.333. The first-order chi connectivity index (χ1) is 22.9. The molecule has 0 aliphatic carbocycles. The largest absolute Gasteiger partial charge is 0.493 e. The van der Waals surface area contributed by atoms with Crippen molar-refractivity contribution in [1.29, 1.82) is 0 Å². The minimum Gasteiger partial charge on any atom is -0.493 e. The monoisotopic (exact) mass is 637 g/mol. The van der Waals surface area contributed by atoms with Crippen molar-refractivity contribution in [2.45, 2.75) is 32.4 Å². The maximum absolute atomic E-state index is 14.3. The van der Waals surface area contributed by atoms with Crippen LogP contribution in [0, 0.1) is 6.92 Å². The van der Waals surface area contributed by atoms with Crippen LogP contribution in [0.25, 0.3) is 0 Å². The zero-order chi connectivity index (χ0) is 32.9. The van der Waals surface area contributed by atoms with Gasteiger partial charge in [-0.15, -0.1) is 0 Å². The molecule has 4 aromatic rings. The number of hydrogen-bond donors (Lipinski definition) is 1. The number of aryl methyl sites for hydroxylation is 1. The smallest absolute Gasteiger partial charge is 0.273 e. The molecule has 47 heavy (non-hydrogen) atoms. The van der Waals surface area contributed by atoms with Crippen molar-refractivity contribution < 1.29 is 28.4 Å². The molecule has 1 N–H and O–H groups in total. The number of imide groups is 1. The summed E-state index contributed by atoms with van der Waals surface area (Å²) in [6.45, 7) is 6.09. The van der Waals surface area contributed by atoms with Crippen LogP contribution in [0.15, 0.2) is 77.3 Å². The van der Waals surface area contributed by atoms with E-state index in [0.29, 0.717) is 47.8 Å². The van der Waals surface area contributed by atoms with Gasteiger partial charge >= 0.3 is 0 Å². The van der Waals surface area contributed by atoms with Gasteiger partial charge in [-0.25, -0.2) is 0 Å². The number of fused-ring (bicyclic) bond motifs is 1. The van der Waals surface area contributed by atoms with Gasteiger partial charge in [0.25, 0.3) is 17.7 Å². The van der Waals surface area contributed by atoms with Crippen molar-refractivity contribution in [3.05, 3.63) is 107 Å². The summed E-state index contributed by atoms with van der Waals surface area (Å²) in [6, 6.07) is 22.3. The Kier molecular flexibility index (Phi) is 9.53. The number of carbonyl (C=O) groups is 3. The Labute approximate surface area is 274 Å². The number of methoxy groups -OCH3 is 2. The lowest BCUT2D eigenvalue weighted by molar-refractivity contribution is 0.0570. The molecule has 2 aliphatic heterocycles. The number of ether oxygens (including phenoxy) is 2. The predicted octanol–water partition coefficient (Wildman–Crippen LogP) is 4.87. The summed E-state index contributed by atoms with van der Waals surface area (Å²) in [5.41, 5.74) is 3.82. The van der Waals surface area contributed by atoms with Crippen LogP contribution in [0.2, 0.25) is 0 Å². The highest BCUT2D eigenvalue weighted by atomic mass is 16.5. The number of piperazine rings is 1. The number of aromatic nitrogens is 1. The quantitative estimate of drug-likeness (QED) is 0.172. The number of benzene rings is 3. The molecule has 1 aromatic heterocycles. The van der Waals surface area contributed by atoms with E-state index in [1.54, 1.807) is 45.4 Å². The first-order valence-electron chi connectivity index (χ1n) is 15.8. The third kappa shape index (κ3) is 6.71. The van der Waals surface area contributed by atoms with Gasteiger partial charge in [0.05, 0.1) is 37.1 Å². The number of hydrogen-bond acceptors (Lipinski definition) is 9. The molecular weight excluding hydrogens is 598 g/mol. The van der Waals surface area contributed by atoms with Crippen LogP contribution in [-0.2, 0) is 6.54 Å². The van der Waals surface area contributed by atoms with Gasteiger partial charge in [-0.2, -0.15) is 0 Å². The summed E-state index contributed by atoms with van der Waals surface area (Å²) in [5.74, 6) is 0.573. The van der Waals surface area contributed by atoms with Crippen molar-refractivity contribution in [2.75, 3.05) is 51.8 Å². The van der Waals surface area contributed by atoms with Gasteiger partial charge in [0.1, 0.15) is 5.76 Å². The molecule has 1 fully saturated rings. The summed E-state index contributed by atoms with van der Waals surface area (Å²) >= 11 is 0. The molecule has 11 nitrogen and oxygen atoms in total. The summed E-state index contributed by atoms with van der Waals surface area (Å²) in [4.78, 5) is 46.9. The Bertz CT molecular complexity index is 1750. The molecule has 1 saturated heterocycles. The molecule has 0 spiro atoms. The van der Waals surface area contributed by atoms with Crippen LogP contribution in [0.5, 0.6) is 11.5 Å². The second-order valence-electron chi connectivity index (χ2n) is 11.8. The molecule has 0 unspecified atom stereocenters. The van der Waals surface area contributed by atoms with Crippen molar-refractivity contribution >= 4 is 23.4 Å². The molecule has 0 radical (unpaired) electrons. The van der Waals surface area contributed by atoms with Gasteiger partial charge in [-0.3, -0.25) is 24.2 Å².